The average Bonchev–Trinajstić information content (AvgIpc) is 2.74. The molecule has 1 aromatic carbocycles. The fourth-order valence-electron chi connectivity index (χ4n) is 2.54. The number of nitrogens with zero attached hydrogens (tertiary/aromatic N) is 1. The standard InChI is InChI=1S/C14H18F4N2/c15-13-3-1-2-11(6-13)7-19-8-12-4-5-20(9-12)10-14(16,17)18/h1-3,6,12,19H,4-5,7-10H2. The van der Waals surface area contributed by atoms with E-state index in [1.165, 1.54) is 17.0 Å². The molecule has 6 heteroatoms. The van der Waals surface area contributed by atoms with Crippen molar-refractivity contribution in [2.75, 3.05) is 26.2 Å². The molecule has 1 saturated heterocycles. The van der Waals surface area contributed by atoms with Crippen LogP contribution >= 0.6 is 0 Å². The first-order valence-corrected chi connectivity index (χ1v) is 6.66. The van der Waals surface area contributed by atoms with Gasteiger partial charge in [0.2, 0.25) is 0 Å². The predicted molar refractivity (Wildman–Crippen MR) is 68.7 cm³/mol. The maximum atomic E-state index is 13.0. The van der Waals surface area contributed by atoms with Gasteiger partial charge in [0.05, 0.1) is 6.54 Å². The van der Waals surface area contributed by atoms with Gasteiger partial charge in [-0.25, -0.2) is 4.39 Å². The smallest absolute Gasteiger partial charge is 0.312 e. The molecule has 1 aliphatic heterocycles. The van der Waals surface area contributed by atoms with Crippen LogP contribution in [0, 0.1) is 11.7 Å². The first-order chi connectivity index (χ1) is 9.42. The van der Waals surface area contributed by atoms with Crippen LogP contribution in [0.2, 0.25) is 0 Å². The Morgan fingerprint density at radius 2 is 2.10 bits per heavy atom. The maximum absolute atomic E-state index is 13.0. The van der Waals surface area contributed by atoms with E-state index in [0.717, 1.165) is 12.0 Å². The zero-order valence-electron chi connectivity index (χ0n) is 11.1. The average molecular weight is 290 g/mol. The van der Waals surface area contributed by atoms with E-state index in [1.54, 1.807) is 6.07 Å². The van der Waals surface area contributed by atoms with Crippen LogP contribution in [0.5, 0.6) is 0 Å². The molecule has 20 heavy (non-hydrogen) atoms. The number of benzene rings is 1. The second-order valence-electron chi connectivity index (χ2n) is 5.27. The molecule has 2 rings (SSSR count). The van der Waals surface area contributed by atoms with Crippen LogP contribution in [-0.4, -0.2) is 37.3 Å². The number of hydrogen-bond donors (Lipinski definition) is 1. The third kappa shape index (κ3) is 5.09. The summed E-state index contributed by atoms with van der Waals surface area (Å²) in [5.74, 6) is -0.0487. The van der Waals surface area contributed by atoms with Crippen LogP contribution in [0.3, 0.4) is 0 Å². The highest BCUT2D eigenvalue weighted by Crippen LogP contribution is 2.22. The number of halogens is 4. The Morgan fingerprint density at radius 3 is 2.80 bits per heavy atom. The molecule has 0 amide bonds. The van der Waals surface area contributed by atoms with Gasteiger partial charge in [0.1, 0.15) is 5.82 Å². The van der Waals surface area contributed by atoms with Gasteiger partial charge in [0, 0.05) is 13.1 Å². The summed E-state index contributed by atoms with van der Waals surface area (Å²) in [6.45, 7) is 1.33. The van der Waals surface area contributed by atoms with Crippen LogP contribution in [0.25, 0.3) is 0 Å². The van der Waals surface area contributed by atoms with Crippen molar-refractivity contribution in [1.29, 1.82) is 0 Å². The van der Waals surface area contributed by atoms with Gasteiger partial charge in [-0.15, -0.1) is 0 Å². The largest absolute Gasteiger partial charge is 0.401 e. The highest BCUT2D eigenvalue weighted by Gasteiger charge is 2.34. The van der Waals surface area contributed by atoms with E-state index in [4.69, 9.17) is 0 Å². The lowest BCUT2D eigenvalue weighted by Crippen LogP contribution is -2.33. The Labute approximate surface area is 115 Å². The number of rotatable bonds is 5. The van der Waals surface area contributed by atoms with E-state index in [0.29, 0.717) is 26.2 Å². The Kier molecular flexibility index (Phi) is 4.99. The van der Waals surface area contributed by atoms with Crippen molar-refractivity contribution in [1.82, 2.24) is 10.2 Å². The van der Waals surface area contributed by atoms with Crippen molar-refractivity contribution in [2.24, 2.45) is 5.92 Å². The summed E-state index contributed by atoms with van der Waals surface area (Å²) < 4.78 is 49.7. The van der Waals surface area contributed by atoms with E-state index in [-0.39, 0.29) is 11.7 Å². The molecule has 0 aliphatic carbocycles. The van der Waals surface area contributed by atoms with Crippen molar-refractivity contribution in [3.8, 4) is 0 Å². The number of alkyl halides is 3. The van der Waals surface area contributed by atoms with Crippen LogP contribution < -0.4 is 5.32 Å². The second-order valence-corrected chi connectivity index (χ2v) is 5.27. The van der Waals surface area contributed by atoms with Crippen molar-refractivity contribution < 1.29 is 17.6 Å². The summed E-state index contributed by atoms with van der Waals surface area (Å²) in [5.41, 5.74) is 0.843. The lowest BCUT2D eigenvalue weighted by Gasteiger charge is -2.18. The summed E-state index contributed by atoms with van der Waals surface area (Å²) >= 11 is 0. The van der Waals surface area contributed by atoms with Crippen molar-refractivity contribution in [2.45, 2.75) is 19.1 Å². The Hall–Kier alpha value is -1.14. The molecule has 0 radical (unpaired) electrons. The van der Waals surface area contributed by atoms with Gasteiger partial charge in [0.15, 0.2) is 0 Å². The van der Waals surface area contributed by atoms with Gasteiger partial charge in [-0.05, 0) is 43.1 Å². The Bertz CT molecular complexity index is 433. The zero-order chi connectivity index (χ0) is 14.6. The molecule has 0 aromatic heterocycles. The van der Waals surface area contributed by atoms with E-state index in [2.05, 4.69) is 5.32 Å². The van der Waals surface area contributed by atoms with Crippen molar-refractivity contribution in [3.05, 3.63) is 35.6 Å². The molecule has 0 saturated carbocycles. The van der Waals surface area contributed by atoms with Gasteiger partial charge in [-0.3, -0.25) is 4.90 Å². The molecular weight excluding hydrogens is 272 g/mol. The molecule has 1 fully saturated rings. The van der Waals surface area contributed by atoms with E-state index in [1.807, 2.05) is 6.07 Å². The first kappa shape index (κ1) is 15.3. The lowest BCUT2D eigenvalue weighted by atomic mass is 10.1. The maximum Gasteiger partial charge on any atom is 0.401 e. The van der Waals surface area contributed by atoms with Gasteiger partial charge in [0.25, 0.3) is 0 Å². The predicted octanol–water partition coefficient (Wildman–Crippen LogP) is 2.80. The highest BCUT2D eigenvalue weighted by atomic mass is 19.4. The summed E-state index contributed by atoms with van der Waals surface area (Å²) in [4.78, 5) is 1.44. The molecule has 1 unspecified atom stereocenters. The minimum atomic E-state index is -4.12. The van der Waals surface area contributed by atoms with E-state index < -0.39 is 12.7 Å². The van der Waals surface area contributed by atoms with Gasteiger partial charge < -0.3 is 5.32 Å². The molecule has 1 atom stereocenters. The molecule has 1 heterocycles. The van der Waals surface area contributed by atoms with Gasteiger partial charge in [-0.2, -0.15) is 13.2 Å². The third-order valence-electron chi connectivity index (χ3n) is 3.42. The van der Waals surface area contributed by atoms with Crippen molar-refractivity contribution >= 4 is 0 Å². The van der Waals surface area contributed by atoms with Crippen LogP contribution in [0.15, 0.2) is 24.3 Å². The first-order valence-electron chi connectivity index (χ1n) is 6.66. The SMILES string of the molecule is Fc1cccc(CNCC2CCN(CC(F)(F)F)C2)c1. The Balaban J connectivity index is 1.68. The number of likely N-dealkylation sites (tertiary alicyclic amines) is 1. The third-order valence-corrected chi connectivity index (χ3v) is 3.42. The molecule has 1 aliphatic rings. The van der Waals surface area contributed by atoms with E-state index >= 15 is 0 Å². The summed E-state index contributed by atoms with van der Waals surface area (Å²) in [6.07, 6.45) is -3.35. The molecule has 0 spiro atoms. The normalized spacial score (nSPS) is 20.5. The van der Waals surface area contributed by atoms with E-state index in [9.17, 15) is 17.6 Å². The Morgan fingerprint density at radius 1 is 1.30 bits per heavy atom. The summed E-state index contributed by atoms with van der Waals surface area (Å²) in [5, 5.41) is 3.18. The quantitative estimate of drug-likeness (QED) is 0.839. The van der Waals surface area contributed by atoms with Gasteiger partial charge in [-0.1, -0.05) is 12.1 Å². The topological polar surface area (TPSA) is 15.3 Å². The van der Waals surface area contributed by atoms with Gasteiger partial charge >= 0.3 is 6.18 Å². The van der Waals surface area contributed by atoms with Crippen LogP contribution in [0.1, 0.15) is 12.0 Å². The number of hydrogen-bond acceptors (Lipinski definition) is 2. The molecule has 1 N–H and O–H groups in total. The second kappa shape index (κ2) is 6.54. The van der Waals surface area contributed by atoms with Crippen LogP contribution in [-0.2, 0) is 6.54 Å². The molecule has 112 valence electrons. The number of nitrogens with one attached hydrogen (secondary N) is 1. The zero-order valence-corrected chi connectivity index (χ0v) is 11.1. The van der Waals surface area contributed by atoms with Crippen LogP contribution in [0.4, 0.5) is 17.6 Å². The molecule has 0 bridgehead atoms. The summed E-state index contributed by atoms with van der Waals surface area (Å²) in [6, 6.07) is 6.31. The fraction of sp³-hybridized carbons (Fsp3) is 0.571. The molecule has 1 aromatic rings. The minimum absolute atomic E-state index is 0.228. The fourth-order valence-corrected chi connectivity index (χ4v) is 2.54. The highest BCUT2D eigenvalue weighted by molar-refractivity contribution is 5.15. The summed E-state index contributed by atoms with van der Waals surface area (Å²) in [7, 11) is 0. The lowest BCUT2D eigenvalue weighted by molar-refractivity contribution is -0.143. The molecule has 2 nitrogen and oxygen atoms in total. The minimum Gasteiger partial charge on any atom is -0.312 e. The molecular formula is C14H18F4N2. The monoisotopic (exact) mass is 290 g/mol. The van der Waals surface area contributed by atoms with Crippen molar-refractivity contribution in [3.63, 3.8) is 0 Å².